The van der Waals surface area contributed by atoms with Crippen molar-refractivity contribution in [2.45, 2.75) is 31.6 Å². The molecule has 0 radical (unpaired) electrons. The lowest BCUT2D eigenvalue weighted by Gasteiger charge is -2.22. The Labute approximate surface area is 89.3 Å². The van der Waals surface area contributed by atoms with Crippen LogP contribution in [-0.2, 0) is 9.47 Å². The first-order valence-corrected chi connectivity index (χ1v) is 5.29. The van der Waals surface area contributed by atoms with E-state index in [0.29, 0.717) is 6.61 Å². The maximum atomic E-state index is 5.88. The summed E-state index contributed by atoms with van der Waals surface area (Å²) in [6.45, 7) is 3.35. The minimum Gasteiger partial charge on any atom is -0.467 e. The van der Waals surface area contributed by atoms with Gasteiger partial charge in [-0.1, -0.05) is 0 Å². The molecule has 1 aromatic rings. The van der Waals surface area contributed by atoms with E-state index >= 15 is 0 Å². The highest BCUT2D eigenvalue weighted by molar-refractivity contribution is 5.04. The van der Waals surface area contributed by atoms with Crippen LogP contribution in [0.3, 0.4) is 0 Å². The molecule has 1 aromatic heterocycles. The molecule has 0 aliphatic carbocycles. The number of ether oxygens (including phenoxy) is 2. The van der Waals surface area contributed by atoms with Crippen LogP contribution in [0, 0.1) is 0 Å². The predicted molar refractivity (Wildman–Crippen MR) is 55.4 cm³/mol. The molecule has 1 fully saturated rings. The third kappa shape index (κ3) is 2.59. The molecule has 3 atom stereocenters. The molecule has 2 rings (SSSR count). The van der Waals surface area contributed by atoms with E-state index in [1.807, 2.05) is 19.1 Å². The van der Waals surface area contributed by atoms with Crippen molar-refractivity contribution in [3.63, 3.8) is 0 Å². The number of nitrogens with two attached hydrogens (primary N) is 1. The Morgan fingerprint density at radius 1 is 1.60 bits per heavy atom. The Kier molecular flexibility index (Phi) is 3.41. The van der Waals surface area contributed by atoms with Crippen LogP contribution in [0.5, 0.6) is 0 Å². The molecule has 0 amide bonds. The first-order valence-electron chi connectivity index (χ1n) is 5.29. The van der Waals surface area contributed by atoms with Gasteiger partial charge < -0.3 is 19.6 Å². The molecule has 1 aliphatic heterocycles. The highest BCUT2D eigenvalue weighted by Gasteiger charge is 2.26. The summed E-state index contributed by atoms with van der Waals surface area (Å²) in [7, 11) is 0. The van der Waals surface area contributed by atoms with Crippen LogP contribution in [0.15, 0.2) is 22.8 Å². The number of furan rings is 1. The van der Waals surface area contributed by atoms with Gasteiger partial charge in [0.1, 0.15) is 11.9 Å². The van der Waals surface area contributed by atoms with Crippen molar-refractivity contribution in [2.24, 2.45) is 5.73 Å². The highest BCUT2D eigenvalue weighted by atomic mass is 16.6. The summed E-state index contributed by atoms with van der Waals surface area (Å²) in [6.07, 6.45) is 2.54. The lowest BCUT2D eigenvalue weighted by molar-refractivity contribution is -0.0368. The monoisotopic (exact) mass is 211 g/mol. The quantitative estimate of drug-likeness (QED) is 0.819. The second-order valence-corrected chi connectivity index (χ2v) is 3.92. The van der Waals surface area contributed by atoms with Crippen molar-refractivity contribution in [3.05, 3.63) is 24.2 Å². The summed E-state index contributed by atoms with van der Waals surface area (Å²) in [5.74, 6) is 0.789. The van der Waals surface area contributed by atoms with Gasteiger partial charge in [-0.3, -0.25) is 0 Å². The second-order valence-electron chi connectivity index (χ2n) is 3.92. The molecule has 1 saturated heterocycles. The minimum atomic E-state index is -0.174. The van der Waals surface area contributed by atoms with Gasteiger partial charge in [-0.15, -0.1) is 0 Å². The molecule has 15 heavy (non-hydrogen) atoms. The van der Waals surface area contributed by atoms with Crippen molar-refractivity contribution in [1.29, 1.82) is 0 Å². The van der Waals surface area contributed by atoms with E-state index in [1.165, 1.54) is 0 Å². The van der Waals surface area contributed by atoms with Crippen molar-refractivity contribution in [1.82, 2.24) is 0 Å². The SMILES string of the molecule is CC(N)C(OC1CCOC1)c1ccco1. The van der Waals surface area contributed by atoms with E-state index in [1.54, 1.807) is 6.26 Å². The molecule has 0 bridgehead atoms. The Morgan fingerprint density at radius 3 is 3.00 bits per heavy atom. The van der Waals surface area contributed by atoms with E-state index in [-0.39, 0.29) is 18.2 Å². The lowest BCUT2D eigenvalue weighted by atomic mass is 10.1. The maximum Gasteiger partial charge on any atom is 0.134 e. The molecule has 84 valence electrons. The van der Waals surface area contributed by atoms with Gasteiger partial charge in [0, 0.05) is 12.6 Å². The molecular weight excluding hydrogens is 194 g/mol. The summed E-state index contributed by atoms with van der Waals surface area (Å²) in [6, 6.07) is 3.65. The zero-order valence-electron chi connectivity index (χ0n) is 8.89. The molecule has 0 aromatic carbocycles. The van der Waals surface area contributed by atoms with Crippen molar-refractivity contribution >= 4 is 0 Å². The van der Waals surface area contributed by atoms with Crippen LogP contribution in [0.1, 0.15) is 25.2 Å². The molecule has 4 heteroatoms. The Bertz CT molecular complexity index is 278. The van der Waals surface area contributed by atoms with Gasteiger partial charge in [-0.2, -0.15) is 0 Å². The molecule has 0 spiro atoms. The maximum absolute atomic E-state index is 5.88. The van der Waals surface area contributed by atoms with Gasteiger partial charge in [-0.05, 0) is 25.5 Å². The second kappa shape index (κ2) is 4.79. The smallest absolute Gasteiger partial charge is 0.134 e. The zero-order valence-corrected chi connectivity index (χ0v) is 8.89. The van der Waals surface area contributed by atoms with Crippen LogP contribution in [0.25, 0.3) is 0 Å². The van der Waals surface area contributed by atoms with Crippen LogP contribution >= 0.6 is 0 Å². The third-order valence-electron chi connectivity index (χ3n) is 2.53. The Balaban J connectivity index is 2.00. The van der Waals surface area contributed by atoms with Gasteiger partial charge in [0.15, 0.2) is 0 Å². The predicted octanol–water partition coefficient (Wildman–Crippen LogP) is 1.47. The van der Waals surface area contributed by atoms with Gasteiger partial charge in [0.05, 0.1) is 19.0 Å². The summed E-state index contributed by atoms with van der Waals surface area (Å²) in [5.41, 5.74) is 5.88. The largest absolute Gasteiger partial charge is 0.467 e. The van der Waals surface area contributed by atoms with E-state index in [2.05, 4.69) is 0 Å². The number of hydrogen-bond acceptors (Lipinski definition) is 4. The van der Waals surface area contributed by atoms with Crippen LogP contribution in [-0.4, -0.2) is 25.4 Å². The van der Waals surface area contributed by atoms with Gasteiger partial charge >= 0.3 is 0 Å². The van der Waals surface area contributed by atoms with E-state index in [4.69, 9.17) is 19.6 Å². The highest BCUT2D eigenvalue weighted by Crippen LogP contribution is 2.24. The first kappa shape index (κ1) is 10.7. The standard InChI is InChI=1S/C11H17NO3/c1-8(12)11(10-3-2-5-14-10)15-9-4-6-13-7-9/h2-3,5,8-9,11H,4,6-7,12H2,1H3. The van der Waals surface area contributed by atoms with Gasteiger partial charge in [-0.25, -0.2) is 0 Å². The summed E-state index contributed by atoms with van der Waals surface area (Å²) >= 11 is 0. The summed E-state index contributed by atoms with van der Waals surface area (Å²) in [4.78, 5) is 0. The van der Waals surface area contributed by atoms with Crippen molar-refractivity contribution in [2.75, 3.05) is 13.2 Å². The average Bonchev–Trinajstić information content (AvgIpc) is 2.87. The fourth-order valence-corrected chi connectivity index (χ4v) is 1.73. The van der Waals surface area contributed by atoms with Crippen LogP contribution in [0.2, 0.25) is 0 Å². The van der Waals surface area contributed by atoms with Crippen molar-refractivity contribution < 1.29 is 13.9 Å². The van der Waals surface area contributed by atoms with Gasteiger partial charge in [0.25, 0.3) is 0 Å². The lowest BCUT2D eigenvalue weighted by Crippen LogP contribution is -2.30. The Hall–Kier alpha value is -0.840. The molecule has 0 saturated carbocycles. The molecular formula is C11H17NO3. The first-order chi connectivity index (χ1) is 7.27. The van der Waals surface area contributed by atoms with Gasteiger partial charge in [0.2, 0.25) is 0 Å². The third-order valence-corrected chi connectivity index (χ3v) is 2.53. The van der Waals surface area contributed by atoms with Crippen LogP contribution < -0.4 is 5.73 Å². The average molecular weight is 211 g/mol. The molecule has 1 aliphatic rings. The van der Waals surface area contributed by atoms with E-state index < -0.39 is 0 Å². The zero-order chi connectivity index (χ0) is 10.7. The molecule has 3 unspecified atom stereocenters. The van der Waals surface area contributed by atoms with E-state index in [9.17, 15) is 0 Å². The number of rotatable bonds is 4. The topological polar surface area (TPSA) is 57.6 Å². The fraction of sp³-hybridized carbons (Fsp3) is 0.636. The number of hydrogen-bond donors (Lipinski definition) is 1. The van der Waals surface area contributed by atoms with Crippen LogP contribution in [0.4, 0.5) is 0 Å². The minimum absolute atomic E-state index is 0.0863. The summed E-state index contributed by atoms with van der Waals surface area (Å²) in [5, 5.41) is 0. The fourth-order valence-electron chi connectivity index (χ4n) is 1.73. The normalized spacial score (nSPS) is 25.3. The van der Waals surface area contributed by atoms with Crippen molar-refractivity contribution in [3.8, 4) is 0 Å². The molecule has 4 nitrogen and oxygen atoms in total. The molecule has 2 heterocycles. The van der Waals surface area contributed by atoms with E-state index in [0.717, 1.165) is 18.8 Å². The summed E-state index contributed by atoms with van der Waals surface area (Å²) < 4.78 is 16.5. The molecule has 2 N–H and O–H groups in total. The Morgan fingerprint density at radius 2 is 2.47 bits per heavy atom.